The minimum atomic E-state index is -4.61. The van der Waals surface area contributed by atoms with Crippen molar-refractivity contribution in [2.75, 3.05) is 25.0 Å². The Labute approximate surface area is 129 Å². The summed E-state index contributed by atoms with van der Waals surface area (Å²) in [6.45, 7) is 1.64. The third-order valence-electron chi connectivity index (χ3n) is 2.49. The van der Waals surface area contributed by atoms with Crippen LogP contribution in [0.15, 0.2) is 21.6 Å². The van der Waals surface area contributed by atoms with E-state index < -0.39 is 22.7 Å². The topological polar surface area (TPSA) is 62.3 Å². The summed E-state index contributed by atoms with van der Waals surface area (Å²) in [5, 5.41) is 2.73. The molecule has 0 unspecified atom stereocenters. The quantitative estimate of drug-likeness (QED) is 0.812. The summed E-state index contributed by atoms with van der Waals surface area (Å²) < 4.78 is 63.1. The van der Waals surface area contributed by atoms with E-state index in [0.29, 0.717) is 15.3 Å². The first-order valence-electron chi connectivity index (χ1n) is 6.08. The van der Waals surface area contributed by atoms with E-state index in [1.165, 1.54) is 19.2 Å². The first-order valence-corrected chi connectivity index (χ1v) is 8.31. The number of hydrogen-bond acceptors (Lipinski definition) is 4. The Bertz CT molecular complexity index is 593. The molecule has 0 fully saturated rings. The molecule has 0 aromatic carbocycles. The Balaban J connectivity index is 3.31. The van der Waals surface area contributed by atoms with E-state index in [9.17, 15) is 21.6 Å². The standard InChI is InChI=1S/C11H15BrF3N3O2S/c1-3-16-10-9(5-8(12)6-17-10)21(19,20)18(4-2)7-11(13,14)15/h5-6H,3-4,7H2,1-2H3,(H,16,17). The monoisotopic (exact) mass is 389 g/mol. The average Bonchev–Trinajstić information content (AvgIpc) is 2.37. The Morgan fingerprint density at radius 2 is 2.00 bits per heavy atom. The Morgan fingerprint density at radius 1 is 1.38 bits per heavy atom. The van der Waals surface area contributed by atoms with Gasteiger partial charge in [-0.1, -0.05) is 6.92 Å². The number of hydrogen-bond donors (Lipinski definition) is 1. The van der Waals surface area contributed by atoms with Crippen LogP contribution in [0.2, 0.25) is 0 Å². The Morgan fingerprint density at radius 3 is 2.48 bits per heavy atom. The molecular weight excluding hydrogens is 375 g/mol. The molecule has 0 aliphatic carbocycles. The molecule has 120 valence electrons. The van der Waals surface area contributed by atoms with Crippen LogP contribution in [0.3, 0.4) is 0 Å². The molecule has 0 spiro atoms. The van der Waals surface area contributed by atoms with E-state index in [2.05, 4.69) is 26.2 Å². The summed E-state index contributed by atoms with van der Waals surface area (Å²) in [5.74, 6) is 0.0290. The minimum absolute atomic E-state index is 0.0290. The fourth-order valence-electron chi connectivity index (χ4n) is 1.62. The molecule has 0 amide bonds. The van der Waals surface area contributed by atoms with Crippen LogP contribution in [-0.4, -0.2) is 43.5 Å². The van der Waals surface area contributed by atoms with Crippen molar-refractivity contribution < 1.29 is 21.6 Å². The number of rotatable bonds is 6. The van der Waals surface area contributed by atoms with Gasteiger partial charge in [0.1, 0.15) is 17.3 Å². The molecule has 1 heterocycles. The summed E-state index contributed by atoms with van der Waals surface area (Å²) in [5.41, 5.74) is 0. The van der Waals surface area contributed by atoms with Crippen LogP contribution in [0, 0.1) is 0 Å². The van der Waals surface area contributed by atoms with Crippen molar-refractivity contribution >= 4 is 31.8 Å². The molecular formula is C11H15BrF3N3O2S. The number of halogens is 4. The number of alkyl halides is 3. The molecule has 1 aromatic rings. The third kappa shape index (κ3) is 4.82. The zero-order valence-electron chi connectivity index (χ0n) is 11.4. The molecule has 1 N–H and O–H groups in total. The van der Waals surface area contributed by atoms with Crippen molar-refractivity contribution in [2.45, 2.75) is 24.9 Å². The number of aromatic nitrogens is 1. The lowest BCUT2D eigenvalue weighted by molar-refractivity contribution is -0.135. The van der Waals surface area contributed by atoms with Gasteiger partial charge in [0.15, 0.2) is 0 Å². The lowest BCUT2D eigenvalue weighted by Gasteiger charge is -2.23. The van der Waals surface area contributed by atoms with Crippen molar-refractivity contribution in [2.24, 2.45) is 0 Å². The highest BCUT2D eigenvalue weighted by Gasteiger charge is 2.37. The van der Waals surface area contributed by atoms with E-state index in [4.69, 9.17) is 0 Å². The molecule has 0 bridgehead atoms. The van der Waals surface area contributed by atoms with E-state index in [-0.39, 0.29) is 17.3 Å². The number of nitrogens with zero attached hydrogens (tertiary/aromatic N) is 2. The molecule has 0 atom stereocenters. The predicted molar refractivity (Wildman–Crippen MR) is 76.6 cm³/mol. The largest absolute Gasteiger partial charge is 0.402 e. The third-order valence-corrected chi connectivity index (χ3v) is 4.86. The van der Waals surface area contributed by atoms with Gasteiger partial charge in [-0.3, -0.25) is 0 Å². The SMILES string of the molecule is CCNc1ncc(Br)cc1S(=O)(=O)N(CC)CC(F)(F)F. The van der Waals surface area contributed by atoms with Gasteiger partial charge >= 0.3 is 6.18 Å². The zero-order valence-corrected chi connectivity index (χ0v) is 13.8. The molecule has 5 nitrogen and oxygen atoms in total. The number of nitrogens with one attached hydrogen (secondary N) is 1. The molecule has 21 heavy (non-hydrogen) atoms. The van der Waals surface area contributed by atoms with Gasteiger partial charge in [-0.05, 0) is 28.9 Å². The zero-order chi connectivity index (χ0) is 16.3. The summed E-state index contributed by atoms with van der Waals surface area (Å²) in [7, 11) is -4.30. The lowest BCUT2D eigenvalue weighted by Crippen LogP contribution is -2.39. The summed E-state index contributed by atoms with van der Waals surface area (Å²) >= 11 is 3.08. The van der Waals surface area contributed by atoms with Crippen LogP contribution in [0.4, 0.5) is 19.0 Å². The first-order chi connectivity index (χ1) is 9.61. The van der Waals surface area contributed by atoms with Gasteiger partial charge in [0.25, 0.3) is 0 Å². The second-order valence-electron chi connectivity index (χ2n) is 4.08. The molecule has 0 radical (unpaired) electrons. The summed E-state index contributed by atoms with van der Waals surface area (Å²) in [6.07, 6.45) is -3.24. The highest BCUT2D eigenvalue weighted by atomic mass is 79.9. The highest BCUT2D eigenvalue weighted by Crippen LogP contribution is 2.28. The van der Waals surface area contributed by atoms with Gasteiger partial charge in [0.05, 0.1) is 0 Å². The molecule has 10 heteroatoms. The van der Waals surface area contributed by atoms with Gasteiger partial charge in [-0.2, -0.15) is 17.5 Å². The van der Waals surface area contributed by atoms with Crippen LogP contribution in [0.1, 0.15) is 13.8 Å². The molecule has 0 saturated carbocycles. The van der Waals surface area contributed by atoms with Gasteiger partial charge in [0, 0.05) is 23.8 Å². The van der Waals surface area contributed by atoms with E-state index >= 15 is 0 Å². The van der Waals surface area contributed by atoms with Crippen molar-refractivity contribution in [3.05, 3.63) is 16.7 Å². The van der Waals surface area contributed by atoms with Crippen LogP contribution < -0.4 is 5.32 Å². The number of sulfonamides is 1. The van der Waals surface area contributed by atoms with Crippen molar-refractivity contribution in [3.63, 3.8) is 0 Å². The summed E-state index contributed by atoms with van der Waals surface area (Å²) in [6, 6.07) is 1.24. The Kier molecular flexibility index (Phi) is 6.00. The van der Waals surface area contributed by atoms with Crippen LogP contribution >= 0.6 is 15.9 Å². The second kappa shape index (κ2) is 6.93. The van der Waals surface area contributed by atoms with Gasteiger partial charge in [-0.15, -0.1) is 0 Å². The maximum absolute atomic E-state index is 12.5. The van der Waals surface area contributed by atoms with Crippen LogP contribution in [0.25, 0.3) is 0 Å². The summed E-state index contributed by atoms with van der Waals surface area (Å²) in [4.78, 5) is 3.62. The van der Waals surface area contributed by atoms with E-state index in [1.807, 2.05) is 0 Å². The predicted octanol–water partition coefficient (Wildman–Crippen LogP) is 2.85. The fraction of sp³-hybridized carbons (Fsp3) is 0.545. The smallest absolute Gasteiger partial charge is 0.369 e. The molecule has 0 aliphatic heterocycles. The number of anilines is 1. The molecule has 1 aromatic heterocycles. The van der Waals surface area contributed by atoms with Gasteiger partial charge < -0.3 is 5.32 Å². The maximum atomic E-state index is 12.5. The lowest BCUT2D eigenvalue weighted by atomic mass is 10.4. The van der Waals surface area contributed by atoms with Crippen LogP contribution in [-0.2, 0) is 10.0 Å². The van der Waals surface area contributed by atoms with Crippen LogP contribution in [0.5, 0.6) is 0 Å². The minimum Gasteiger partial charge on any atom is -0.369 e. The van der Waals surface area contributed by atoms with Gasteiger partial charge in [-0.25, -0.2) is 13.4 Å². The van der Waals surface area contributed by atoms with Crippen molar-refractivity contribution in [1.29, 1.82) is 0 Å². The van der Waals surface area contributed by atoms with E-state index in [1.54, 1.807) is 6.92 Å². The fourth-order valence-corrected chi connectivity index (χ4v) is 3.69. The molecule has 0 aliphatic rings. The molecule has 0 saturated heterocycles. The maximum Gasteiger partial charge on any atom is 0.402 e. The van der Waals surface area contributed by atoms with Gasteiger partial charge in [0.2, 0.25) is 10.0 Å². The van der Waals surface area contributed by atoms with Crippen molar-refractivity contribution in [3.8, 4) is 0 Å². The van der Waals surface area contributed by atoms with Crippen molar-refractivity contribution in [1.82, 2.24) is 9.29 Å². The average molecular weight is 390 g/mol. The number of pyridine rings is 1. The first kappa shape index (κ1) is 18.2. The molecule has 1 rings (SSSR count). The Hall–Kier alpha value is -0.870. The second-order valence-corrected chi connectivity index (χ2v) is 6.90. The highest BCUT2D eigenvalue weighted by molar-refractivity contribution is 9.10. The normalized spacial score (nSPS) is 12.7. The van der Waals surface area contributed by atoms with E-state index in [0.717, 1.165) is 0 Å².